The van der Waals surface area contributed by atoms with Gasteiger partial charge in [-0.1, -0.05) is 6.07 Å². The normalized spacial score (nSPS) is 13.4. The number of hydrogen-bond acceptors (Lipinski definition) is 6. The van der Waals surface area contributed by atoms with Crippen LogP contribution in [0, 0.1) is 0 Å². The molecular weight excluding hydrogens is 620 g/mol. The van der Waals surface area contributed by atoms with Crippen molar-refractivity contribution in [2.75, 3.05) is 0 Å². The van der Waals surface area contributed by atoms with Crippen molar-refractivity contribution in [1.29, 1.82) is 0 Å². The van der Waals surface area contributed by atoms with Crippen molar-refractivity contribution < 1.29 is 29.8 Å². The number of rotatable bonds is 1. The molecule has 0 amide bonds. The van der Waals surface area contributed by atoms with Crippen molar-refractivity contribution in [3.8, 4) is 45.6 Å². The van der Waals surface area contributed by atoms with E-state index >= 15 is 0 Å². The molecule has 9 rings (SSSR count). The molecule has 0 unspecified atom stereocenters. The molecule has 2 aliphatic heterocycles. The quantitative estimate of drug-likeness (QED) is 0.141. The van der Waals surface area contributed by atoms with E-state index in [1.165, 1.54) is 12.1 Å². The Bertz CT molecular complexity index is 2570. The van der Waals surface area contributed by atoms with E-state index < -0.39 is 26.7 Å². The molecule has 0 atom stereocenters. The van der Waals surface area contributed by atoms with E-state index in [1.807, 2.05) is 60.7 Å². The van der Waals surface area contributed by atoms with Crippen LogP contribution in [0.4, 0.5) is 12.4 Å². The molecule has 8 nitrogen and oxygen atoms in total. The Balaban J connectivity index is 1.52. The molecule has 0 saturated heterocycles. The fourth-order valence-electron chi connectivity index (χ4n) is 6.01. The van der Waals surface area contributed by atoms with Crippen molar-refractivity contribution in [2.45, 2.75) is 0 Å². The van der Waals surface area contributed by atoms with Gasteiger partial charge in [0.05, 0.1) is 0 Å². The molecule has 0 radical (unpaired) electrons. The Morgan fingerprint density at radius 1 is 0.400 bits per heavy atom. The van der Waals surface area contributed by atoms with Crippen molar-refractivity contribution in [2.24, 2.45) is 0 Å². The molecule has 0 fully saturated rings. The second kappa shape index (κ2) is 8.87. The summed E-state index contributed by atoms with van der Waals surface area (Å²) >= 11 is -9.04. The van der Waals surface area contributed by atoms with Gasteiger partial charge < -0.3 is 0 Å². The molecular formula is C32H17F4N8Ti. The van der Waals surface area contributed by atoms with Gasteiger partial charge in [-0.25, -0.2) is 0 Å². The molecule has 217 valence electrons. The van der Waals surface area contributed by atoms with Crippen LogP contribution in [0.25, 0.3) is 89.7 Å². The zero-order valence-corrected chi connectivity index (χ0v) is 24.4. The Hall–Kier alpha value is -5.33. The van der Waals surface area contributed by atoms with Gasteiger partial charge in [-0.05, 0) is 0 Å². The number of nitrogens with one attached hydrogen (secondary N) is 2. The summed E-state index contributed by atoms with van der Waals surface area (Å²) in [5.41, 5.74) is 3.40. The Labute approximate surface area is 253 Å². The number of nitrogens with zero attached hydrogens (tertiary/aromatic N) is 6. The maximum absolute atomic E-state index is 14.6. The van der Waals surface area contributed by atoms with Gasteiger partial charge in [-0.15, -0.1) is 0 Å². The predicted molar refractivity (Wildman–Crippen MR) is 160 cm³/mol. The van der Waals surface area contributed by atoms with E-state index in [2.05, 4.69) is 19.9 Å². The molecule has 0 spiro atoms. The van der Waals surface area contributed by atoms with Crippen LogP contribution in [0.2, 0.25) is 0 Å². The van der Waals surface area contributed by atoms with Crippen LogP contribution in [-0.4, -0.2) is 39.9 Å². The van der Waals surface area contributed by atoms with Crippen molar-refractivity contribution >= 4 is 48.0 Å². The molecule has 7 aromatic rings. The Kier molecular flexibility index (Phi) is 5.15. The second-order valence-electron chi connectivity index (χ2n) is 10.8. The van der Waals surface area contributed by atoms with Crippen LogP contribution in [0.1, 0.15) is 0 Å². The van der Waals surface area contributed by atoms with Crippen LogP contribution in [0.5, 0.6) is 0 Å². The van der Waals surface area contributed by atoms with E-state index in [0.717, 1.165) is 16.8 Å². The fraction of sp³-hybridized carbons (Fsp3) is 0. The minimum absolute atomic E-state index is 0.0526. The average molecular weight is 637 g/mol. The third-order valence-electron chi connectivity index (χ3n) is 7.99. The van der Waals surface area contributed by atoms with E-state index in [0.29, 0.717) is 45.2 Å². The van der Waals surface area contributed by atoms with E-state index in [9.17, 15) is 12.4 Å². The van der Waals surface area contributed by atoms with Crippen LogP contribution in [-0.2, 0) is 17.4 Å². The first-order chi connectivity index (χ1) is 21.7. The van der Waals surface area contributed by atoms with Gasteiger partial charge in [0.2, 0.25) is 0 Å². The molecule has 13 heteroatoms. The van der Waals surface area contributed by atoms with Crippen LogP contribution < -0.4 is 3.87 Å². The standard InChI is InChI=1S/C32H17N8.4FH.Ti/c1-2-10-18-17(9-1)25-33-26(18)38-28-21-13-5-6-14-22(21)30(35-28)40-32-24-16-8-7-15-23(24)31(36-32)39-29-20-12-4-3-11-19(20)27(34-29)37-25;;;;;/h1-15H,(H2,33,34,35,36,37,38,39,40);4*1H;/q;;;;;+4/p-4. The van der Waals surface area contributed by atoms with Gasteiger partial charge in [-0.2, -0.15) is 0 Å². The molecule has 0 aliphatic carbocycles. The van der Waals surface area contributed by atoms with E-state index in [-0.39, 0.29) is 28.3 Å². The Morgan fingerprint density at radius 3 is 1.24 bits per heavy atom. The summed E-state index contributed by atoms with van der Waals surface area (Å²) in [4.78, 5) is 34.6. The number of fused-ring (bicyclic) bond motifs is 20. The third-order valence-corrected chi connectivity index (χ3v) is 9.91. The summed E-state index contributed by atoms with van der Waals surface area (Å²) < 4.78 is 56.9. The summed E-state index contributed by atoms with van der Waals surface area (Å²) in [6.07, 6.45) is 0. The SMILES string of the molecule is [F][Ti]([F])([F])([F])[c]1cccc2c3nc4nc(nc5[nH]c(nc6nc(nc([nH]3)c12)-c1ccccc1-6)c1ccccc51)-c1ccccc1-4. The fourth-order valence-corrected chi connectivity index (χ4v) is 7.53. The summed E-state index contributed by atoms with van der Waals surface area (Å²) in [6.45, 7) is 0. The second-order valence-corrected chi connectivity index (χ2v) is 14.1. The van der Waals surface area contributed by atoms with Gasteiger partial charge >= 0.3 is 248 Å². The molecule has 4 aromatic carbocycles. The number of halogens is 4. The Morgan fingerprint density at radius 2 is 0.778 bits per heavy atom. The summed E-state index contributed by atoms with van der Waals surface area (Å²) in [5, 5.41) is 1.26. The summed E-state index contributed by atoms with van der Waals surface area (Å²) in [5.74, 6) is 1.04. The number of benzene rings is 4. The van der Waals surface area contributed by atoms with Gasteiger partial charge in [0, 0.05) is 0 Å². The summed E-state index contributed by atoms with van der Waals surface area (Å²) in [7, 11) is 0. The van der Waals surface area contributed by atoms with Crippen molar-refractivity contribution in [3.63, 3.8) is 0 Å². The molecule has 5 heterocycles. The first-order valence-corrected chi connectivity index (χ1v) is 17.1. The zero-order chi connectivity index (χ0) is 30.5. The molecule has 45 heavy (non-hydrogen) atoms. The van der Waals surface area contributed by atoms with E-state index in [4.69, 9.17) is 19.9 Å². The van der Waals surface area contributed by atoms with Gasteiger partial charge in [-0.3, -0.25) is 0 Å². The molecule has 8 bridgehead atoms. The average Bonchev–Trinajstić information content (AvgIpc) is 3.76. The first-order valence-electron chi connectivity index (χ1n) is 13.9. The van der Waals surface area contributed by atoms with Crippen LogP contribution in [0.15, 0.2) is 91.0 Å². The number of aromatic nitrogens is 8. The molecule has 0 saturated carbocycles. The predicted octanol–water partition coefficient (Wildman–Crippen LogP) is 7.72. The van der Waals surface area contributed by atoms with Gasteiger partial charge in [0.15, 0.2) is 0 Å². The van der Waals surface area contributed by atoms with E-state index in [1.54, 1.807) is 12.1 Å². The van der Waals surface area contributed by atoms with Crippen molar-refractivity contribution in [3.05, 3.63) is 91.0 Å². The van der Waals surface area contributed by atoms with Gasteiger partial charge in [0.1, 0.15) is 0 Å². The molecule has 2 aliphatic rings. The monoisotopic (exact) mass is 637 g/mol. The van der Waals surface area contributed by atoms with Gasteiger partial charge in [0.25, 0.3) is 0 Å². The third kappa shape index (κ3) is 4.03. The van der Waals surface area contributed by atoms with Crippen LogP contribution >= 0.6 is 0 Å². The number of aromatic amines is 2. The number of H-pyrrole nitrogens is 2. The molecule has 3 aromatic heterocycles. The maximum atomic E-state index is 14.6. The summed E-state index contributed by atoms with van der Waals surface area (Å²) in [6, 6.07) is 25.5. The first kappa shape index (κ1) is 26.1. The van der Waals surface area contributed by atoms with Crippen LogP contribution in [0.3, 0.4) is 0 Å². The minimum atomic E-state index is -9.04. The number of hydrogen-bond donors (Lipinski definition) is 2. The molecule has 2 N–H and O–H groups in total. The topological polar surface area (TPSA) is 109 Å². The zero-order valence-electron chi connectivity index (χ0n) is 22.9. The van der Waals surface area contributed by atoms with Crippen molar-refractivity contribution in [1.82, 2.24) is 39.9 Å².